The van der Waals surface area contributed by atoms with Crippen molar-refractivity contribution in [1.82, 2.24) is 10.6 Å². The predicted octanol–water partition coefficient (Wildman–Crippen LogP) is 1.95. The van der Waals surface area contributed by atoms with Crippen molar-refractivity contribution in [2.24, 2.45) is 0 Å². The first kappa shape index (κ1) is 17.5. The molecule has 1 atom stereocenters. The maximum Gasteiger partial charge on any atom is 0.416 e. The third kappa shape index (κ3) is 6.14. The monoisotopic (exact) mass is 304 g/mol. The van der Waals surface area contributed by atoms with E-state index >= 15 is 0 Å². The molecule has 0 aliphatic carbocycles. The Hall–Kier alpha value is -1.60. The third-order valence-electron chi connectivity index (χ3n) is 2.89. The molecule has 1 amide bonds. The van der Waals surface area contributed by atoms with E-state index in [0.29, 0.717) is 25.3 Å². The molecule has 21 heavy (non-hydrogen) atoms. The quantitative estimate of drug-likeness (QED) is 0.757. The van der Waals surface area contributed by atoms with Crippen LogP contribution in [0.1, 0.15) is 18.1 Å². The number of rotatable bonds is 7. The largest absolute Gasteiger partial charge is 0.416 e. The van der Waals surface area contributed by atoms with E-state index in [1.54, 1.807) is 14.0 Å². The van der Waals surface area contributed by atoms with Crippen molar-refractivity contribution in [3.05, 3.63) is 35.4 Å². The molecule has 7 heteroatoms. The van der Waals surface area contributed by atoms with Gasteiger partial charge in [0.15, 0.2) is 0 Å². The van der Waals surface area contributed by atoms with Crippen LogP contribution in [0, 0.1) is 0 Å². The van der Waals surface area contributed by atoms with Crippen LogP contribution in [0.3, 0.4) is 0 Å². The lowest BCUT2D eigenvalue weighted by atomic mass is 10.1. The smallest absolute Gasteiger partial charge is 0.383 e. The molecule has 0 radical (unpaired) electrons. The van der Waals surface area contributed by atoms with Crippen molar-refractivity contribution in [3.8, 4) is 0 Å². The second-order valence-corrected chi connectivity index (χ2v) is 4.58. The molecule has 118 valence electrons. The number of halogens is 3. The first-order valence-electron chi connectivity index (χ1n) is 6.50. The van der Waals surface area contributed by atoms with Gasteiger partial charge in [0.1, 0.15) is 0 Å². The van der Waals surface area contributed by atoms with Crippen molar-refractivity contribution in [1.29, 1.82) is 0 Å². The number of amides is 1. The molecule has 4 nitrogen and oxygen atoms in total. The number of alkyl halides is 3. The molecule has 0 bridgehead atoms. The van der Waals surface area contributed by atoms with Gasteiger partial charge in [0.25, 0.3) is 0 Å². The molecule has 0 saturated heterocycles. The fraction of sp³-hybridized carbons (Fsp3) is 0.500. The number of ether oxygens (including phenoxy) is 1. The van der Waals surface area contributed by atoms with Crippen LogP contribution < -0.4 is 10.6 Å². The molecule has 1 rings (SSSR count). The Morgan fingerprint density at radius 2 is 1.90 bits per heavy atom. The van der Waals surface area contributed by atoms with Gasteiger partial charge in [-0.2, -0.15) is 13.2 Å². The molecule has 0 aliphatic rings. The molecule has 2 N–H and O–H groups in total. The second-order valence-electron chi connectivity index (χ2n) is 4.58. The van der Waals surface area contributed by atoms with Gasteiger partial charge in [-0.25, -0.2) is 0 Å². The first-order valence-corrected chi connectivity index (χ1v) is 6.50. The SMILES string of the molecule is COCCNC(=O)C(C)NCc1ccc(C(F)(F)F)cc1. The molecule has 0 fully saturated rings. The number of methoxy groups -OCH3 is 1. The zero-order valence-electron chi connectivity index (χ0n) is 12.0. The van der Waals surface area contributed by atoms with Gasteiger partial charge < -0.3 is 15.4 Å². The summed E-state index contributed by atoms with van der Waals surface area (Å²) in [6, 6.07) is 4.40. The van der Waals surface area contributed by atoms with Gasteiger partial charge in [0.05, 0.1) is 18.2 Å². The lowest BCUT2D eigenvalue weighted by Gasteiger charge is -2.14. The van der Waals surface area contributed by atoms with Gasteiger partial charge in [-0.15, -0.1) is 0 Å². The normalized spacial score (nSPS) is 13.0. The van der Waals surface area contributed by atoms with E-state index in [9.17, 15) is 18.0 Å². The Bertz CT molecular complexity index is 447. The predicted molar refractivity (Wildman–Crippen MR) is 72.6 cm³/mol. The molecular weight excluding hydrogens is 285 g/mol. The molecule has 0 aromatic heterocycles. The van der Waals surface area contributed by atoms with E-state index in [1.807, 2.05) is 0 Å². The van der Waals surface area contributed by atoms with Crippen LogP contribution in [0.15, 0.2) is 24.3 Å². The summed E-state index contributed by atoms with van der Waals surface area (Å²) in [4.78, 5) is 11.6. The molecule has 0 heterocycles. The number of carbonyl (C=O) groups is 1. The van der Waals surface area contributed by atoms with E-state index in [2.05, 4.69) is 10.6 Å². The van der Waals surface area contributed by atoms with Crippen LogP contribution in [0.4, 0.5) is 13.2 Å². The van der Waals surface area contributed by atoms with Gasteiger partial charge in [0.2, 0.25) is 5.91 Å². The fourth-order valence-electron chi connectivity index (χ4n) is 1.60. The number of carbonyl (C=O) groups excluding carboxylic acids is 1. The van der Waals surface area contributed by atoms with E-state index in [4.69, 9.17) is 4.74 Å². The van der Waals surface area contributed by atoms with Crippen LogP contribution in [-0.4, -0.2) is 32.2 Å². The topological polar surface area (TPSA) is 50.4 Å². The molecule has 1 unspecified atom stereocenters. The average molecular weight is 304 g/mol. The number of benzene rings is 1. The van der Waals surface area contributed by atoms with Crippen molar-refractivity contribution in [2.45, 2.75) is 25.7 Å². The summed E-state index contributed by atoms with van der Waals surface area (Å²) in [6.07, 6.45) is -4.33. The second kappa shape index (κ2) is 7.99. The van der Waals surface area contributed by atoms with Crippen molar-refractivity contribution in [2.75, 3.05) is 20.3 Å². The van der Waals surface area contributed by atoms with Crippen molar-refractivity contribution >= 4 is 5.91 Å². The van der Waals surface area contributed by atoms with Crippen LogP contribution in [0.25, 0.3) is 0 Å². The van der Waals surface area contributed by atoms with Crippen LogP contribution in [-0.2, 0) is 22.3 Å². The molecule has 0 saturated carbocycles. The van der Waals surface area contributed by atoms with Gasteiger partial charge >= 0.3 is 6.18 Å². The fourth-order valence-corrected chi connectivity index (χ4v) is 1.60. The Labute approximate surface area is 121 Å². The van der Waals surface area contributed by atoms with Crippen molar-refractivity contribution < 1.29 is 22.7 Å². The maximum absolute atomic E-state index is 12.4. The molecule has 0 spiro atoms. The van der Waals surface area contributed by atoms with Crippen LogP contribution >= 0.6 is 0 Å². The van der Waals surface area contributed by atoms with E-state index < -0.39 is 17.8 Å². The highest BCUT2D eigenvalue weighted by atomic mass is 19.4. The lowest BCUT2D eigenvalue weighted by molar-refractivity contribution is -0.137. The number of hydrogen-bond donors (Lipinski definition) is 2. The molecule has 1 aromatic carbocycles. The van der Waals surface area contributed by atoms with E-state index in [0.717, 1.165) is 12.1 Å². The summed E-state index contributed by atoms with van der Waals surface area (Å²) in [6.45, 7) is 2.85. The minimum atomic E-state index is -4.33. The highest BCUT2D eigenvalue weighted by Gasteiger charge is 2.29. The molecule has 0 aliphatic heterocycles. The summed E-state index contributed by atoms with van der Waals surface area (Å²) in [7, 11) is 1.54. The summed E-state index contributed by atoms with van der Waals surface area (Å²) in [5.41, 5.74) is -0.00357. The number of nitrogens with one attached hydrogen (secondary N) is 2. The first-order chi connectivity index (χ1) is 9.84. The molecule has 1 aromatic rings. The number of hydrogen-bond acceptors (Lipinski definition) is 3. The van der Waals surface area contributed by atoms with Gasteiger partial charge in [-0.1, -0.05) is 12.1 Å². The zero-order chi connectivity index (χ0) is 15.9. The van der Waals surface area contributed by atoms with E-state index in [1.165, 1.54) is 12.1 Å². The van der Waals surface area contributed by atoms with Crippen molar-refractivity contribution in [3.63, 3.8) is 0 Å². The minimum Gasteiger partial charge on any atom is -0.383 e. The highest BCUT2D eigenvalue weighted by Crippen LogP contribution is 2.28. The Balaban J connectivity index is 2.42. The summed E-state index contributed by atoms with van der Waals surface area (Å²) < 4.78 is 42.0. The lowest BCUT2D eigenvalue weighted by Crippen LogP contribution is -2.42. The minimum absolute atomic E-state index is 0.182. The van der Waals surface area contributed by atoms with Gasteiger partial charge in [-0.05, 0) is 24.6 Å². The summed E-state index contributed by atoms with van der Waals surface area (Å²) in [5.74, 6) is -0.182. The van der Waals surface area contributed by atoms with Crippen LogP contribution in [0.5, 0.6) is 0 Å². The summed E-state index contributed by atoms with van der Waals surface area (Å²) >= 11 is 0. The maximum atomic E-state index is 12.4. The third-order valence-corrected chi connectivity index (χ3v) is 2.89. The standard InChI is InChI=1S/C14H19F3N2O2/c1-10(13(20)18-7-8-21-2)19-9-11-3-5-12(6-4-11)14(15,16)17/h3-6,10,19H,7-9H2,1-2H3,(H,18,20). The van der Waals surface area contributed by atoms with Gasteiger partial charge in [0, 0.05) is 20.2 Å². The van der Waals surface area contributed by atoms with E-state index in [-0.39, 0.29) is 5.91 Å². The zero-order valence-corrected chi connectivity index (χ0v) is 12.0. The van der Waals surface area contributed by atoms with Gasteiger partial charge in [-0.3, -0.25) is 4.79 Å². The Morgan fingerprint density at radius 1 is 1.29 bits per heavy atom. The Morgan fingerprint density at radius 3 is 2.43 bits per heavy atom. The molecular formula is C14H19F3N2O2. The average Bonchev–Trinajstić information content (AvgIpc) is 2.44. The summed E-state index contributed by atoms with van der Waals surface area (Å²) in [5, 5.41) is 5.62. The van der Waals surface area contributed by atoms with Crippen LogP contribution in [0.2, 0.25) is 0 Å². The highest BCUT2D eigenvalue weighted by molar-refractivity contribution is 5.81. The Kier molecular flexibility index (Phi) is 6.64.